The predicted molar refractivity (Wildman–Crippen MR) is 125 cm³/mol. The zero-order valence-electron chi connectivity index (χ0n) is 16.8. The Hall–Kier alpha value is -2.11. The topological polar surface area (TPSA) is 39.7 Å². The fourth-order valence-corrected chi connectivity index (χ4v) is 3.26. The molecule has 0 saturated carbocycles. The number of hydrogen-bond donors (Lipinski definition) is 1. The van der Waals surface area contributed by atoms with Crippen molar-refractivity contribution in [2.75, 3.05) is 14.2 Å². The Morgan fingerprint density at radius 2 is 1.40 bits per heavy atom. The van der Waals surface area contributed by atoms with E-state index >= 15 is 0 Å². The van der Waals surface area contributed by atoms with Crippen LogP contribution >= 0.6 is 35.6 Å². The number of hydrogen-bond acceptors (Lipinski definition) is 4. The Morgan fingerprint density at radius 3 is 2.03 bits per heavy atom. The second-order valence-electron chi connectivity index (χ2n) is 6.48. The quantitative estimate of drug-likeness (QED) is 0.400. The van der Waals surface area contributed by atoms with Crippen LogP contribution in [0.25, 0.3) is 0 Å². The maximum Gasteiger partial charge on any atom is 0.180 e. The van der Waals surface area contributed by atoms with E-state index in [1.807, 2.05) is 60.7 Å². The van der Waals surface area contributed by atoms with E-state index in [0.717, 1.165) is 23.4 Å². The van der Waals surface area contributed by atoms with Gasteiger partial charge in [-0.05, 0) is 53.1 Å². The fourth-order valence-electron chi connectivity index (χ4n) is 2.85. The van der Waals surface area contributed by atoms with E-state index in [4.69, 9.17) is 37.4 Å². The maximum atomic E-state index is 6.47. The smallest absolute Gasteiger partial charge is 0.180 e. The van der Waals surface area contributed by atoms with Crippen LogP contribution in [0.5, 0.6) is 17.2 Å². The molecule has 0 amide bonds. The normalized spacial score (nSPS) is 10.3. The SMILES string of the molecule is COc1ccc(CNCc2cc(Cl)c(OCc3ccc(Cl)cc3)c(OC)c2)cc1.Cl. The van der Waals surface area contributed by atoms with Crippen LogP contribution in [0, 0.1) is 0 Å². The lowest BCUT2D eigenvalue weighted by atomic mass is 10.1. The molecule has 0 aliphatic heterocycles. The molecule has 4 nitrogen and oxygen atoms in total. The second-order valence-corrected chi connectivity index (χ2v) is 7.32. The number of ether oxygens (including phenoxy) is 3. The second kappa shape index (κ2) is 11.9. The van der Waals surface area contributed by atoms with Crippen LogP contribution in [0.2, 0.25) is 10.0 Å². The molecule has 160 valence electrons. The summed E-state index contributed by atoms with van der Waals surface area (Å²) in [5, 5.41) is 4.61. The van der Waals surface area contributed by atoms with Gasteiger partial charge in [0, 0.05) is 18.1 Å². The average Bonchev–Trinajstić information content (AvgIpc) is 2.74. The molecule has 0 spiro atoms. The first-order valence-electron chi connectivity index (χ1n) is 9.16. The standard InChI is InChI=1S/C23H23Cl2NO3.ClH/c1-27-20-9-5-16(6-10-20)13-26-14-18-11-21(25)23(22(12-18)28-2)29-15-17-3-7-19(24)8-4-17;/h3-12,26H,13-15H2,1-2H3;1H. The van der Waals surface area contributed by atoms with Crippen LogP contribution in [0.15, 0.2) is 60.7 Å². The van der Waals surface area contributed by atoms with Gasteiger partial charge in [0.1, 0.15) is 12.4 Å². The first-order chi connectivity index (χ1) is 14.1. The molecule has 0 aromatic heterocycles. The maximum absolute atomic E-state index is 6.47. The Morgan fingerprint density at radius 1 is 0.767 bits per heavy atom. The van der Waals surface area contributed by atoms with Crippen molar-refractivity contribution in [2.24, 2.45) is 0 Å². The summed E-state index contributed by atoms with van der Waals surface area (Å²) in [6.45, 7) is 1.76. The summed E-state index contributed by atoms with van der Waals surface area (Å²) in [4.78, 5) is 0. The number of nitrogens with one attached hydrogen (secondary N) is 1. The summed E-state index contributed by atoms with van der Waals surface area (Å²) in [7, 11) is 3.27. The van der Waals surface area contributed by atoms with Gasteiger partial charge >= 0.3 is 0 Å². The third-order valence-electron chi connectivity index (χ3n) is 4.40. The number of benzene rings is 3. The molecule has 0 radical (unpaired) electrons. The molecule has 0 atom stereocenters. The fraction of sp³-hybridized carbons (Fsp3) is 0.217. The number of rotatable bonds is 9. The van der Waals surface area contributed by atoms with Gasteiger partial charge in [-0.25, -0.2) is 0 Å². The predicted octanol–water partition coefficient (Wildman–Crippen LogP) is 6.30. The Kier molecular flexibility index (Phi) is 9.60. The highest BCUT2D eigenvalue weighted by Crippen LogP contribution is 2.37. The highest BCUT2D eigenvalue weighted by atomic mass is 35.5. The van der Waals surface area contributed by atoms with Gasteiger partial charge in [-0.3, -0.25) is 0 Å². The van der Waals surface area contributed by atoms with Crippen molar-refractivity contribution in [2.45, 2.75) is 19.7 Å². The third kappa shape index (κ3) is 6.71. The molecule has 30 heavy (non-hydrogen) atoms. The molecule has 7 heteroatoms. The van der Waals surface area contributed by atoms with Crippen LogP contribution < -0.4 is 19.5 Å². The van der Waals surface area contributed by atoms with Crippen molar-refractivity contribution in [1.29, 1.82) is 0 Å². The molecule has 0 fully saturated rings. The molecule has 0 saturated heterocycles. The van der Waals surface area contributed by atoms with Crippen molar-refractivity contribution in [3.05, 3.63) is 87.4 Å². The summed E-state index contributed by atoms with van der Waals surface area (Å²) in [6.07, 6.45) is 0. The van der Waals surface area contributed by atoms with E-state index in [0.29, 0.717) is 34.7 Å². The summed E-state index contributed by atoms with van der Waals surface area (Å²) < 4.78 is 16.6. The van der Waals surface area contributed by atoms with E-state index in [9.17, 15) is 0 Å². The van der Waals surface area contributed by atoms with Gasteiger partial charge in [0.2, 0.25) is 0 Å². The zero-order valence-corrected chi connectivity index (χ0v) is 19.1. The lowest BCUT2D eigenvalue weighted by Crippen LogP contribution is -2.13. The summed E-state index contributed by atoms with van der Waals surface area (Å²) in [5.41, 5.74) is 3.18. The summed E-state index contributed by atoms with van der Waals surface area (Å²) in [6, 6.07) is 19.3. The van der Waals surface area contributed by atoms with Gasteiger partial charge in [-0.1, -0.05) is 47.5 Å². The minimum absolute atomic E-state index is 0. The van der Waals surface area contributed by atoms with Crippen LogP contribution in [0.4, 0.5) is 0 Å². The van der Waals surface area contributed by atoms with Gasteiger partial charge < -0.3 is 19.5 Å². The van der Waals surface area contributed by atoms with Crippen LogP contribution in [0.1, 0.15) is 16.7 Å². The van der Waals surface area contributed by atoms with Crippen molar-refractivity contribution in [3.63, 3.8) is 0 Å². The van der Waals surface area contributed by atoms with Crippen molar-refractivity contribution in [1.82, 2.24) is 5.32 Å². The Bertz CT molecular complexity index is 932. The first kappa shape index (κ1) is 24.2. The van der Waals surface area contributed by atoms with E-state index in [1.54, 1.807) is 14.2 Å². The third-order valence-corrected chi connectivity index (χ3v) is 4.94. The average molecular weight is 469 g/mol. The molecule has 1 N–H and O–H groups in total. The van der Waals surface area contributed by atoms with Gasteiger partial charge in [-0.15, -0.1) is 12.4 Å². The molecule has 0 heterocycles. The molecular formula is C23H24Cl3NO3. The molecule has 3 aromatic rings. The van der Waals surface area contributed by atoms with E-state index in [2.05, 4.69) is 5.32 Å². The van der Waals surface area contributed by atoms with Gasteiger partial charge in [0.05, 0.1) is 19.2 Å². The lowest BCUT2D eigenvalue weighted by molar-refractivity contribution is 0.284. The summed E-state index contributed by atoms with van der Waals surface area (Å²) in [5.74, 6) is 1.98. The van der Waals surface area contributed by atoms with Crippen LogP contribution in [-0.2, 0) is 19.7 Å². The lowest BCUT2D eigenvalue weighted by Gasteiger charge is -2.15. The number of halogens is 3. The van der Waals surface area contributed by atoms with Crippen molar-refractivity contribution in [3.8, 4) is 17.2 Å². The summed E-state index contributed by atoms with van der Waals surface area (Å²) >= 11 is 12.4. The minimum atomic E-state index is 0. The monoisotopic (exact) mass is 467 g/mol. The van der Waals surface area contributed by atoms with Crippen molar-refractivity contribution >= 4 is 35.6 Å². The molecule has 0 unspecified atom stereocenters. The first-order valence-corrected chi connectivity index (χ1v) is 9.92. The van der Waals surface area contributed by atoms with Crippen LogP contribution in [-0.4, -0.2) is 14.2 Å². The number of methoxy groups -OCH3 is 2. The van der Waals surface area contributed by atoms with E-state index in [-0.39, 0.29) is 12.4 Å². The molecule has 3 rings (SSSR count). The van der Waals surface area contributed by atoms with Crippen LogP contribution in [0.3, 0.4) is 0 Å². The largest absolute Gasteiger partial charge is 0.497 e. The van der Waals surface area contributed by atoms with E-state index < -0.39 is 0 Å². The zero-order chi connectivity index (χ0) is 20.6. The molecule has 0 aliphatic rings. The van der Waals surface area contributed by atoms with Crippen molar-refractivity contribution < 1.29 is 14.2 Å². The van der Waals surface area contributed by atoms with E-state index in [1.165, 1.54) is 5.56 Å². The van der Waals surface area contributed by atoms with Gasteiger partial charge in [0.25, 0.3) is 0 Å². The molecular weight excluding hydrogens is 445 g/mol. The molecule has 3 aromatic carbocycles. The molecule has 0 aliphatic carbocycles. The Labute approximate surface area is 193 Å². The molecule has 0 bridgehead atoms. The highest BCUT2D eigenvalue weighted by molar-refractivity contribution is 6.32. The highest BCUT2D eigenvalue weighted by Gasteiger charge is 2.12. The Balaban J connectivity index is 0.00000320. The minimum Gasteiger partial charge on any atom is -0.497 e. The van der Waals surface area contributed by atoms with Gasteiger partial charge in [-0.2, -0.15) is 0 Å². The van der Waals surface area contributed by atoms with Gasteiger partial charge in [0.15, 0.2) is 11.5 Å².